The summed E-state index contributed by atoms with van der Waals surface area (Å²) in [6.45, 7) is 6.58. The third kappa shape index (κ3) is 12.4. The van der Waals surface area contributed by atoms with Gasteiger partial charge in [0.1, 0.15) is 23.5 Å². The highest BCUT2D eigenvalue weighted by molar-refractivity contribution is 5.87. The summed E-state index contributed by atoms with van der Waals surface area (Å²) in [7, 11) is 0. The molecule has 0 spiro atoms. The molecule has 4 aromatic heterocycles. The molecule has 14 heteroatoms. The van der Waals surface area contributed by atoms with Crippen molar-refractivity contribution < 1.29 is 23.9 Å². The van der Waals surface area contributed by atoms with Crippen LogP contribution in [0.15, 0.2) is 122 Å². The number of rotatable bonds is 16. The molecule has 2 unspecified atom stereocenters. The van der Waals surface area contributed by atoms with Crippen molar-refractivity contribution >= 4 is 29.5 Å². The highest BCUT2D eigenvalue weighted by Crippen LogP contribution is 2.30. The standard InChI is InChI=1S/C34H39N5O3.C13H16N4O2/c1-2-42-34(41)29(21-26-13-14-31(35)36-22-26)30-23-38(24-37-30)18-15-25-16-19-39(20-17-25)33(40)32(27-9-5-3-6-10-27)28-11-7-4-8-12-28;1-2-19-13(18)10(11-7-15-8-17-11)5-9-3-4-12(14)16-6-9/h3-14,22-25,29,32H,2,15-21H2,1H3,(H2,35,36);3-4,6-8,10H,2,5H2,1H3,(H2,14,16)(H,15,17). The number of nitrogens with two attached hydrogens (primary N) is 2. The van der Waals surface area contributed by atoms with Gasteiger partial charge in [-0.1, -0.05) is 72.8 Å². The maximum absolute atomic E-state index is 13.8. The van der Waals surface area contributed by atoms with Gasteiger partial charge in [-0.05, 0) is 86.3 Å². The molecule has 0 radical (unpaired) electrons. The van der Waals surface area contributed by atoms with Crippen molar-refractivity contribution in [2.45, 2.75) is 70.3 Å². The van der Waals surface area contributed by atoms with Crippen molar-refractivity contribution in [2.75, 3.05) is 37.8 Å². The lowest BCUT2D eigenvalue weighted by atomic mass is 9.88. The summed E-state index contributed by atoms with van der Waals surface area (Å²) < 4.78 is 12.5. The van der Waals surface area contributed by atoms with Crippen LogP contribution in [0.5, 0.6) is 0 Å². The fourth-order valence-corrected chi connectivity index (χ4v) is 7.56. The van der Waals surface area contributed by atoms with E-state index in [1.54, 1.807) is 57.2 Å². The van der Waals surface area contributed by atoms with Gasteiger partial charge in [0.05, 0.1) is 37.5 Å². The minimum Gasteiger partial charge on any atom is -0.465 e. The molecule has 0 bridgehead atoms. The van der Waals surface area contributed by atoms with E-state index in [0.29, 0.717) is 49.3 Å². The summed E-state index contributed by atoms with van der Waals surface area (Å²) in [5, 5.41) is 0. The van der Waals surface area contributed by atoms with E-state index >= 15 is 0 Å². The largest absolute Gasteiger partial charge is 0.465 e. The molecule has 61 heavy (non-hydrogen) atoms. The quantitative estimate of drug-likeness (QED) is 0.0903. The Morgan fingerprint density at radius 1 is 0.738 bits per heavy atom. The molecule has 318 valence electrons. The number of pyridine rings is 2. The fraction of sp³-hybridized carbons (Fsp3) is 0.340. The van der Waals surface area contributed by atoms with Crippen molar-refractivity contribution in [3.63, 3.8) is 0 Å². The number of anilines is 2. The molecule has 1 aliphatic rings. The number of nitrogens with zero attached hydrogens (tertiary/aromatic N) is 6. The second-order valence-corrected chi connectivity index (χ2v) is 15.1. The Labute approximate surface area is 356 Å². The number of aryl methyl sites for hydroxylation is 1. The van der Waals surface area contributed by atoms with Crippen molar-refractivity contribution in [1.29, 1.82) is 0 Å². The van der Waals surface area contributed by atoms with Gasteiger partial charge >= 0.3 is 11.9 Å². The Morgan fingerprint density at radius 2 is 1.30 bits per heavy atom. The Morgan fingerprint density at radius 3 is 1.80 bits per heavy atom. The van der Waals surface area contributed by atoms with Crippen LogP contribution in [0.1, 0.15) is 84.5 Å². The number of carbonyl (C=O) groups is 3. The normalized spacial score (nSPS) is 13.8. The summed E-state index contributed by atoms with van der Waals surface area (Å²) >= 11 is 0. The highest BCUT2D eigenvalue weighted by atomic mass is 16.5. The first-order chi connectivity index (χ1) is 29.7. The molecule has 14 nitrogen and oxygen atoms in total. The van der Waals surface area contributed by atoms with Gasteiger partial charge in [0.15, 0.2) is 0 Å². The van der Waals surface area contributed by atoms with Gasteiger partial charge in [0.2, 0.25) is 5.91 Å². The molecule has 0 aliphatic carbocycles. The first-order valence-corrected chi connectivity index (χ1v) is 20.8. The number of piperidine rings is 1. The zero-order valence-electron chi connectivity index (χ0n) is 34.8. The number of hydrogen-bond acceptors (Lipinski definition) is 11. The van der Waals surface area contributed by atoms with Gasteiger partial charge in [-0.3, -0.25) is 14.4 Å². The number of ether oxygens (including phenoxy) is 2. The summed E-state index contributed by atoms with van der Waals surface area (Å²) in [6, 6.07) is 27.3. The number of hydrogen-bond donors (Lipinski definition) is 3. The maximum atomic E-state index is 13.8. The van der Waals surface area contributed by atoms with E-state index in [4.69, 9.17) is 20.9 Å². The molecule has 1 saturated heterocycles. The van der Waals surface area contributed by atoms with Crippen LogP contribution in [0.3, 0.4) is 0 Å². The second-order valence-electron chi connectivity index (χ2n) is 15.1. The number of H-pyrrole nitrogens is 1. The van der Waals surface area contributed by atoms with Gasteiger partial charge in [0, 0.05) is 50.1 Å². The van der Waals surface area contributed by atoms with Crippen LogP contribution in [0.2, 0.25) is 0 Å². The lowest BCUT2D eigenvalue weighted by Gasteiger charge is -2.34. The third-order valence-corrected chi connectivity index (χ3v) is 10.9. The van der Waals surface area contributed by atoms with Gasteiger partial charge in [-0.2, -0.15) is 0 Å². The second kappa shape index (κ2) is 22.0. The SMILES string of the molecule is CCOC(=O)C(Cc1ccc(N)nc1)c1cn(CCC2CCN(C(=O)C(c3ccccc3)c3ccccc3)CC2)cn1.CCOC(=O)C(Cc1ccc(N)nc1)c1cnc[nH]1. The topological polar surface area (TPSA) is 197 Å². The highest BCUT2D eigenvalue weighted by Gasteiger charge is 2.31. The smallest absolute Gasteiger partial charge is 0.315 e. The van der Waals surface area contributed by atoms with Gasteiger partial charge < -0.3 is 35.4 Å². The number of esters is 2. The number of aromatic amines is 1. The van der Waals surface area contributed by atoms with Crippen LogP contribution in [0, 0.1) is 5.92 Å². The lowest BCUT2D eigenvalue weighted by molar-refractivity contribution is -0.146. The Hall–Kier alpha value is -6.83. The number of nitrogen functional groups attached to an aromatic ring is 2. The average molecular weight is 826 g/mol. The first-order valence-electron chi connectivity index (χ1n) is 20.8. The summed E-state index contributed by atoms with van der Waals surface area (Å²) in [5.74, 6) is -0.175. The summed E-state index contributed by atoms with van der Waals surface area (Å²) in [5.41, 5.74) is 16.6. The molecule has 1 amide bonds. The molecule has 6 aromatic rings. The molecular weight excluding hydrogens is 771 g/mol. The van der Waals surface area contributed by atoms with Crippen molar-refractivity contribution in [2.24, 2.45) is 5.92 Å². The molecule has 1 aliphatic heterocycles. The summed E-state index contributed by atoms with van der Waals surface area (Å²) in [4.78, 5) is 60.2. The Bertz CT molecular complexity index is 2200. The zero-order chi connectivity index (χ0) is 43.0. The number of likely N-dealkylation sites (tertiary alicyclic amines) is 1. The molecule has 0 saturated carbocycles. The molecule has 5 N–H and O–H groups in total. The van der Waals surface area contributed by atoms with E-state index in [9.17, 15) is 14.4 Å². The Balaban J connectivity index is 0.000000273. The third-order valence-electron chi connectivity index (χ3n) is 10.9. The van der Waals surface area contributed by atoms with E-state index in [1.807, 2.05) is 83.9 Å². The molecule has 7 rings (SSSR count). The van der Waals surface area contributed by atoms with Gasteiger partial charge in [-0.25, -0.2) is 19.9 Å². The van der Waals surface area contributed by atoms with E-state index in [0.717, 1.165) is 66.8 Å². The monoisotopic (exact) mass is 825 g/mol. The zero-order valence-corrected chi connectivity index (χ0v) is 34.8. The van der Waals surface area contributed by atoms with E-state index in [2.05, 4.69) is 29.5 Å². The van der Waals surface area contributed by atoms with Crippen molar-refractivity contribution in [3.05, 3.63) is 156 Å². The number of carbonyl (C=O) groups excluding carboxylic acids is 3. The van der Waals surface area contributed by atoms with Crippen LogP contribution >= 0.6 is 0 Å². The molecule has 2 aromatic carbocycles. The number of benzene rings is 2. The van der Waals surface area contributed by atoms with E-state index in [1.165, 1.54) is 0 Å². The van der Waals surface area contributed by atoms with Crippen LogP contribution in [-0.2, 0) is 43.2 Å². The maximum Gasteiger partial charge on any atom is 0.315 e. The summed E-state index contributed by atoms with van der Waals surface area (Å²) in [6.07, 6.45) is 14.2. The van der Waals surface area contributed by atoms with Crippen LogP contribution in [-0.4, -0.2) is 78.5 Å². The molecule has 5 heterocycles. The Kier molecular flexibility index (Phi) is 15.7. The molecular formula is C47H55N9O5. The fourth-order valence-electron chi connectivity index (χ4n) is 7.56. The molecule has 2 atom stereocenters. The minimum absolute atomic E-state index is 0.173. The first kappa shape index (κ1) is 43.7. The number of nitrogens with one attached hydrogen (secondary N) is 1. The predicted octanol–water partition coefficient (Wildman–Crippen LogP) is 6.49. The number of imidazole rings is 2. The van der Waals surface area contributed by atoms with Crippen molar-refractivity contribution in [1.82, 2.24) is 34.4 Å². The number of amides is 1. The predicted molar refractivity (Wildman–Crippen MR) is 233 cm³/mol. The average Bonchev–Trinajstić information content (AvgIpc) is 4.00. The van der Waals surface area contributed by atoms with Crippen molar-refractivity contribution in [3.8, 4) is 0 Å². The van der Waals surface area contributed by atoms with Crippen LogP contribution < -0.4 is 11.5 Å². The lowest BCUT2D eigenvalue weighted by Crippen LogP contribution is -2.41. The van der Waals surface area contributed by atoms with Crippen LogP contribution in [0.25, 0.3) is 0 Å². The van der Waals surface area contributed by atoms with Gasteiger partial charge in [0.25, 0.3) is 0 Å². The minimum atomic E-state index is -0.506. The van der Waals surface area contributed by atoms with E-state index in [-0.39, 0.29) is 23.8 Å². The molecule has 1 fully saturated rings. The van der Waals surface area contributed by atoms with Gasteiger partial charge in [-0.15, -0.1) is 0 Å². The van der Waals surface area contributed by atoms with E-state index < -0.39 is 11.8 Å². The van der Waals surface area contributed by atoms with Crippen LogP contribution in [0.4, 0.5) is 11.6 Å². The number of aromatic nitrogens is 6.